The van der Waals surface area contributed by atoms with E-state index in [1.165, 1.54) is 71.1 Å². The Morgan fingerprint density at radius 3 is 2.58 bits per heavy atom. The molecule has 2 nitrogen and oxygen atoms in total. The van der Waals surface area contributed by atoms with Crippen LogP contribution in [0.15, 0.2) is 0 Å². The average molecular weight is 266 g/mol. The molecule has 0 spiro atoms. The summed E-state index contributed by atoms with van der Waals surface area (Å²) in [6, 6.07) is 0.720. The summed E-state index contributed by atoms with van der Waals surface area (Å²) in [5.41, 5.74) is 0.659. The van der Waals surface area contributed by atoms with Gasteiger partial charge in [0, 0.05) is 19.1 Å². The van der Waals surface area contributed by atoms with Crippen molar-refractivity contribution in [3.05, 3.63) is 0 Å². The second-order valence-electron chi connectivity index (χ2n) is 7.43. The van der Waals surface area contributed by atoms with Crippen molar-refractivity contribution in [1.82, 2.24) is 10.2 Å². The van der Waals surface area contributed by atoms with Gasteiger partial charge in [0.05, 0.1) is 0 Å². The maximum atomic E-state index is 3.76. The van der Waals surface area contributed by atoms with Crippen LogP contribution in [-0.4, -0.2) is 37.1 Å². The van der Waals surface area contributed by atoms with Gasteiger partial charge in [-0.3, -0.25) is 0 Å². The number of nitrogens with one attached hydrogen (secondary N) is 1. The van der Waals surface area contributed by atoms with E-state index in [-0.39, 0.29) is 0 Å². The third-order valence-electron chi connectivity index (χ3n) is 5.29. The largest absolute Gasteiger partial charge is 0.313 e. The van der Waals surface area contributed by atoms with Gasteiger partial charge in [0.1, 0.15) is 0 Å². The lowest BCUT2D eigenvalue weighted by Crippen LogP contribution is -2.42. The molecule has 2 rings (SSSR count). The molecule has 1 saturated heterocycles. The predicted octanol–water partition coefficient (Wildman–Crippen LogP) is 3.67. The first-order valence-corrected chi connectivity index (χ1v) is 8.59. The topological polar surface area (TPSA) is 15.3 Å². The molecule has 1 aliphatic heterocycles. The molecule has 0 bridgehead atoms. The van der Waals surface area contributed by atoms with E-state index in [0.29, 0.717) is 5.41 Å². The highest BCUT2D eigenvalue weighted by Gasteiger charge is 2.34. The van der Waals surface area contributed by atoms with Gasteiger partial charge in [0.25, 0.3) is 0 Å². The third-order valence-corrected chi connectivity index (χ3v) is 5.29. The first kappa shape index (κ1) is 15.3. The molecule has 0 amide bonds. The summed E-state index contributed by atoms with van der Waals surface area (Å²) in [5, 5.41) is 3.76. The molecule has 2 fully saturated rings. The number of rotatable bonds is 5. The van der Waals surface area contributed by atoms with E-state index in [2.05, 4.69) is 31.0 Å². The molecule has 1 N–H and O–H groups in total. The zero-order valence-corrected chi connectivity index (χ0v) is 13.4. The monoisotopic (exact) mass is 266 g/mol. The lowest BCUT2D eigenvalue weighted by molar-refractivity contribution is 0.142. The first-order valence-electron chi connectivity index (χ1n) is 8.59. The Balaban J connectivity index is 1.90. The minimum Gasteiger partial charge on any atom is -0.313 e. The fraction of sp³-hybridized carbons (Fsp3) is 1.00. The SMILES string of the molecule is CCC1(CN2CCCNC(CC(C)C)C2)CCCC1. The van der Waals surface area contributed by atoms with Gasteiger partial charge in [-0.2, -0.15) is 0 Å². The van der Waals surface area contributed by atoms with E-state index < -0.39 is 0 Å². The van der Waals surface area contributed by atoms with Crippen LogP contribution in [0.4, 0.5) is 0 Å². The summed E-state index contributed by atoms with van der Waals surface area (Å²) in [5.74, 6) is 0.809. The lowest BCUT2D eigenvalue weighted by atomic mass is 9.82. The highest BCUT2D eigenvalue weighted by atomic mass is 15.2. The van der Waals surface area contributed by atoms with Gasteiger partial charge >= 0.3 is 0 Å². The maximum Gasteiger partial charge on any atom is 0.0197 e. The Morgan fingerprint density at radius 1 is 1.21 bits per heavy atom. The number of hydrogen-bond donors (Lipinski definition) is 1. The van der Waals surface area contributed by atoms with Crippen molar-refractivity contribution in [3.8, 4) is 0 Å². The molecule has 19 heavy (non-hydrogen) atoms. The molecule has 1 atom stereocenters. The minimum absolute atomic E-state index is 0.659. The third kappa shape index (κ3) is 4.46. The van der Waals surface area contributed by atoms with Crippen LogP contribution in [0.1, 0.15) is 65.7 Å². The average Bonchev–Trinajstić information content (AvgIpc) is 2.72. The van der Waals surface area contributed by atoms with Crippen molar-refractivity contribution in [2.45, 2.75) is 71.8 Å². The van der Waals surface area contributed by atoms with Gasteiger partial charge in [-0.15, -0.1) is 0 Å². The molecular formula is C17H34N2. The van der Waals surface area contributed by atoms with Crippen molar-refractivity contribution < 1.29 is 0 Å². The molecule has 1 heterocycles. The van der Waals surface area contributed by atoms with Crippen LogP contribution in [0.5, 0.6) is 0 Å². The van der Waals surface area contributed by atoms with Gasteiger partial charge in [0.15, 0.2) is 0 Å². The summed E-state index contributed by atoms with van der Waals surface area (Å²) in [4.78, 5) is 2.78. The molecule has 112 valence electrons. The van der Waals surface area contributed by atoms with Crippen molar-refractivity contribution in [1.29, 1.82) is 0 Å². The Hall–Kier alpha value is -0.0800. The Kier molecular flexibility index (Phi) is 5.70. The van der Waals surface area contributed by atoms with Crippen molar-refractivity contribution in [2.24, 2.45) is 11.3 Å². The summed E-state index contributed by atoms with van der Waals surface area (Å²) >= 11 is 0. The number of nitrogens with zero attached hydrogens (tertiary/aromatic N) is 1. The van der Waals surface area contributed by atoms with Crippen molar-refractivity contribution >= 4 is 0 Å². The molecule has 0 aromatic carbocycles. The van der Waals surface area contributed by atoms with Crippen LogP contribution in [-0.2, 0) is 0 Å². The highest BCUT2D eigenvalue weighted by Crippen LogP contribution is 2.41. The van der Waals surface area contributed by atoms with Crippen LogP contribution in [0.25, 0.3) is 0 Å². The van der Waals surface area contributed by atoms with Crippen LogP contribution >= 0.6 is 0 Å². The zero-order valence-electron chi connectivity index (χ0n) is 13.4. The fourth-order valence-corrected chi connectivity index (χ4v) is 4.17. The molecule has 1 aliphatic carbocycles. The first-order chi connectivity index (χ1) is 9.13. The summed E-state index contributed by atoms with van der Waals surface area (Å²) in [7, 11) is 0. The molecule has 1 saturated carbocycles. The summed E-state index contributed by atoms with van der Waals surface area (Å²) in [6.07, 6.45) is 9.92. The van der Waals surface area contributed by atoms with E-state index in [0.717, 1.165) is 12.0 Å². The Bertz CT molecular complexity index is 256. The molecule has 2 aliphatic rings. The minimum atomic E-state index is 0.659. The quantitative estimate of drug-likeness (QED) is 0.817. The van der Waals surface area contributed by atoms with Gasteiger partial charge < -0.3 is 10.2 Å². The maximum absolute atomic E-state index is 3.76. The highest BCUT2D eigenvalue weighted by molar-refractivity contribution is 4.88. The van der Waals surface area contributed by atoms with Crippen LogP contribution < -0.4 is 5.32 Å². The number of hydrogen-bond acceptors (Lipinski definition) is 2. The standard InChI is InChI=1S/C17H34N2/c1-4-17(8-5-6-9-17)14-19-11-7-10-18-16(13-19)12-15(2)3/h15-16,18H,4-14H2,1-3H3. The van der Waals surface area contributed by atoms with Gasteiger partial charge in [-0.1, -0.05) is 33.6 Å². The van der Waals surface area contributed by atoms with E-state index in [1.807, 2.05) is 0 Å². The van der Waals surface area contributed by atoms with Crippen molar-refractivity contribution in [2.75, 3.05) is 26.2 Å². The van der Waals surface area contributed by atoms with E-state index >= 15 is 0 Å². The fourth-order valence-electron chi connectivity index (χ4n) is 4.17. The molecule has 1 unspecified atom stereocenters. The van der Waals surface area contributed by atoms with Crippen LogP contribution in [0.2, 0.25) is 0 Å². The van der Waals surface area contributed by atoms with Crippen LogP contribution in [0, 0.1) is 11.3 Å². The molecule has 0 aromatic heterocycles. The van der Waals surface area contributed by atoms with Crippen LogP contribution in [0.3, 0.4) is 0 Å². The van der Waals surface area contributed by atoms with Crippen molar-refractivity contribution in [3.63, 3.8) is 0 Å². The van der Waals surface area contributed by atoms with E-state index in [4.69, 9.17) is 0 Å². The summed E-state index contributed by atoms with van der Waals surface area (Å²) < 4.78 is 0. The molecule has 0 aromatic rings. The van der Waals surface area contributed by atoms with Gasteiger partial charge in [-0.05, 0) is 56.5 Å². The second-order valence-corrected chi connectivity index (χ2v) is 7.43. The lowest BCUT2D eigenvalue weighted by Gasteiger charge is -2.35. The molecule has 2 heteroatoms. The zero-order chi connectivity index (χ0) is 13.7. The van der Waals surface area contributed by atoms with E-state index in [9.17, 15) is 0 Å². The molecule has 0 radical (unpaired) electrons. The summed E-state index contributed by atoms with van der Waals surface area (Å²) in [6.45, 7) is 12.3. The Morgan fingerprint density at radius 2 is 1.95 bits per heavy atom. The smallest absolute Gasteiger partial charge is 0.0197 e. The van der Waals surface area contributed by atoms with E-state index in [1.54, 1.807) is 0 Å². The Labute approximate surface area is 120 Å². The van der Waals surface area contributed by atoms with Gasteiger partial charge in [-0.25, -0.2) is 0 Å². The predicted molar refractivity (Wildman–Crippen MR) is 83.5 cm³/mol. The molecular weight excluding hydrogens is 232 g/mol. The normalized spacial score (nSPS) is 28.7. The second kappa shape index (κ2) is 7.08. The van der Waals surface area contributed by atoms with Gasteiger partial charge in [0.2, 0.25) is 0 Å².